The summed E-state index contributed by atoms with van der Waals surface area (Å²) in [5, 5.41) is 0. The molecule has 4 aliphatic carbocycles. The van der Waals surface area contributed by atoms with Crippen LogP contribution in [0.25, 0.3) is 0 Å². The smallest absolute Gasteiger partial charge is 0.308 e. The monoisotopic (exact) mass is 456 g/mol. The van der Waals surface area contributed by atoms with E-state index >= 15 is 0 Å². The summed E-state index contributed by atoms with van der Waals surface area (Å²) in [6, 6.07) is 0. The van der Waals surface area contributed by atoms with E-state index in [4.69, 9.17) is 4.74 Å². The number of hydrogen-bond donors (Lipinski definition) is 0. The molecule has 1 unspecified atom stereocenters. The van der Waals surface area contributed by atoms with Crippen LogP contribution in [-0.4, -0.2) is 12.1 Å². The second-order valence-corrected chi connectivity index (χ2v) is 13.8. The SMILES string of the molecule is CCCCCC(C)(C)[C@H]1CCC2[C@@H]3CC=C4C[C@@H](OC(=O)C(C)C)CC[C@]4(C)[C@H]3CC[C@@]21C. The van der Waals surface area contributed by atoms with Gasteiger partial charge in [0.1, 0.15) is 6.10 Å². The van der Waals surface area contributed by atoms with Crippen LogP contribution in [0.1, 0.15) is 126 Å². The van der Waals surface area contributed by atoms with Gasteiger partial charge in [0.2, 0.25) is 0 Å². The molecule has 4 aliphatic rings. The first-order valence-corrected chi connectivity index (χ1v) is 14.4. The minimum absolute atomic E-state index is 0.0233. The number of allylic oxidation sites excluding steroid dienone is 1. The zero-order chi connectivity index (χ0) is 24.0. The van der Waals surface area contributed by atoms with E-state index in [2.05, 4.69) is 40.7 Å². The van der Waals surface area contributed by atoms with Crippen molar-refractivity contribution in [2.24, 2.45) is 45.8 Å². The molecule has 0 spiro atoms. The molecule has 0 aromatic heterocycles. The highest BCUT2D eigenvalue weighted by Crippen LogP contribution is 2.68. The molecular weight excluding hydrogens is 404 g/mol. The quantitative estimate of drug-likeness (QED) is 0.217. The Hall–Kier alpha value is -0.790. The first kappa shape index (κ1) is 25.3. The highest BCUT2D eigenvalue weighted by molar-refractivity contribution is 5.71. The number of esters is 1. The van der Waals surface area contributed by atoms with Crippen molar-refractivity contribution in [2.45, 2.75) is 132 Å². The summed E-state index contributed by atoms with van der Waals surface area (Å²) in [6.07, 6.45) is 18.5. The van der Waals surface area contributed by atoms with Crippen LogP contribution in [0.4, 0.5) is 0 Å². The highest BCUT2D eigenvalue weighted by Gasteiger charge is 2.60. The van der Waals surface area contributed by atoms with Crippen molar-refractivity contribution in [1.29, 1.82) is 0 Å². The molecule has 3 fully saturated rings. The normalized spacial score (nSPS) is 40.6. The third-order valence-corrected chi connectivity index (χ3v) is 11.2. The first-order chi connectivity index (χ1) is 15.5. The van der Waals surface area contributed by atoms with Gasteiger partial charge in [-0.15, -0.1) is 0 Å². The van der Waals surface area contributed by atoms with E-state index in [0.717, 1.165) is 36.5 Å². The molecule has 0 aromatic carbocycles. The van der Waals surface area contributed by atoms with Gasteiger partial charge < -0.3 is 4.74 Å². The van der Waals surface area contributed by atoms with Crippen LogP contribution in [-0.2, 0) is 9.53 Å². The van der Waals surface area contributed by atoms with Crippen LogP contribution < -0.4 is 0 Å². The Kier molecular flexibility index (Phi) is 7.17. The standard InChI is InChI=1S/C31H52O2/c1-8-9-10-17-29(4,5)27-14-13-25-24-12-11-22-20-23(33-28(32)21(2)3)15-18-30(22,6)26(24)16-19-31(25,27)7/h11,21,23-27H,8-10,12-20H2,1-7H3/t23-,24-,25?,26-,27+,30-,31-/m0/s1. The number of fused-ring (bicyclic) bond motifs is 5. The van der Waals surface area contributed by atoms with Crippen molar-refractivity contribution in [2.75, 3.05) is 0 Å². The maximum atomic E-state index is 12.2. The number of hydrogen-bond acceptors (Lipinski definition) is 2. The zero-order valence-corrected chi connectivity index (χ0v) is 22.8. The van der Waals surface area contributed by atoms with Crippen LogP contribution in [0.15, 0.2) is 11.6 Å². The van der Waals surface area contributed by atoms with Gasteiger partial charge in [-0.1, -0.05) is 79.4 Å². The van der Waals surface area contributed by atoms with Crippen LogP contribution in [0, 0.1) is 45.8 Å². The van der Waals surface area contributed by atoms with Gasteiger partial charge in [0.25, 0.3) is 0 Å². The van der Waals surface area contributed by atoms with Gasteiger partial charge in [-0.3, -0.25) is 4.79 Å². The highest BCUT2D eigenvalue weighted by atomic mass is 16.5. The average molecular weight is 457 g/mol. The van der Waals surface area contributed by atoms with E-state index in [1.54, 1.807) is 5.57 Å². The summed E-state index contributed by atoms with van der Waals surface area (Å²) in [6.45, 7) is 16.7. The van der Waals surface area contributed by atoms with Crippen molar-refractivity contribution >= 4 is 5.97 Å². The Balaban J connectivity index is 1.49. The van der Waals surface area contributed by atoms with Gasteiger partial charge in [-0.25, -0.2) is 0 Å². The summed E-state index contributed by atoms with van der Waals surface area (Å²) in [5.74, 6) is 3.43. The van der Waals surface area contributed by atoms with Gasteiger partial charge in [0, 0.05) is 6.42 Å². The molecule has 0 bridgehead atoms. The van der Waals surface area contributed by atoms with Crippen molar-refractivity contribution in [3.05, 3.63) is 11.6 Å². The van der Waals surface area contributed by atoms with Crippen molar-refractivity contribution in [3.63, 3.8) is 0 Å². The lowest BCUT2D eigenvalue weighted by atomic mass is 9.46. The lowest BCUT2D eigenvalue weighted by molar-refractivity contribution is -0.155. The topological polar surface area (TPSA) is 26.3 Å². The van der Waals surface area contributed by atoms with Crippen molar-refractivity contribution in [3.8, 4) is 0 Å². The average Bonchev–Trinajstić information content (AvgIpc) is 3.12. The minimum Gasteiger partial charge on any atom is -0.462 e. The molecule has 2 nitrogen and oxygen atoms in total. The fourth-order valence-corrected chi connectivity index (χ4v) is 9.32. The predicted molar refractivity (Wildman–Crippen MR) is 138 cm³/mol. The van der Waals surface area contributed by atoms with E-state index in [1.165, 1.54) is 64.2 Å². The Bertz CT molecular complexity index is 748. The van der Waals surface area contributed by atoms with Crippen LogP contribution >= 0.6 is 0 Å². The second-order valence-electron chi connectivity index (χ2n) is 13.8. The predicted octanol–water partition coefficient (Wildman–Crippen LogP) is 8.74. The lowest BCUT2D eigenvalue weighted by Crippen LogP contribution is -2.51. The van der Waals surface area contributed by atoms with Gasteiger partial charge in [-0.2, -0.15) is 0 Å². The van der Waals surface area contributed by atoms with Gasteiger partial charge in [-0.05, 0) is 91.3 Å². The largest absolute Gasteiger partial charge is 0.462 e. The Morgan fingerprint density at radius 2 is 1.85 bits per heavy atom. The molecule has 0 amide bonds. The molecule has 0 aromatic rings. The third-order valence-electron chi connectivity index (χ3n) is 11.2. The maximum Gasteiger partial charge on any atom is 0.308 e. The maximum absolute atomic E-state index is 12.2. The molecule has 33 heavy (non-hydrogen) atoms. The number of unbranched alkanes of at least 4 members (excludes halogenated alkanes) is 2. The first-order valence-electron chi connectivity index (χ1n) is 14.4. The van der Waals surface area contributed by atoms with Gasteiger partial charge >= 0.3 is 5.97 Å². The van der Waals surface area contributed by atoms with E-state index < -0.39 is 0 Å². The molecule has 0 heterocycles. The fourth-order valence-electron chi connectivity index (χ4n) is 9.32. The lowest BCUT2D eigenvalue weighted by Gasteiger charge is -2.59. The third kappa shape index (κ3) is 4.47. The zero-order valence-electron chi connectivity index (χ0n) is 22.8. The summed E-state index contributed by atoms with van der Waals surface area (Å²) < 4.78 is 5.88. The number of carbonyl (C=O) groups excluding carboxylic acids is 1. The van der Waals surface area contributed by atoms with Crippen molar-refractivity contribution < 1.29 is 9.53 Å². The fraction of sp³-hybridized carbons (Fsp3) is 0.903. The molecule has 0 saturated heterocycles. The number of ether oxygens (including phenoxy) is 1. The van der Waals surface area contributed by atoms with Crippen LogP contribution in [0.3, 0.4) is 0 Å². The molecule has 0 radical (unpaired) electrons. The van der Waals surface area contributed by atoms with Gasteiger partial charge in [0.05, 0.1) is 5.92 Å². The molecule has 7 atom stereocenters. The molecule has 188 valence electrons. The summed E-state index contributed by atoms with van der Waals surface area (Å²) in [4.78, 5) is 12.2. The summed E-state index contributed by atoms with van der Waals surface area (Å²) >= 11 is 0. The molecule has 0 aliphatic heterocycles. The Morgan fingerprint density at radius 3 is 2.55 bits per heavy atom. The summed E-state index contributed by atoms with van der Waals surface area (Å²) in [5.41, 5.74) is 2.96. The minimum atomic E-state index is -0.0272. The number of rotatable bonds is 7. The van der Waals surface area contributed by atoms with E-state index in [1.807, 2.05) is 13.8 Å². The molecule has 4 rings (SSSR count). The Morgan fingerprint density at radius 1 is 1.09 bits per heavy atom. The molecule has 2 heteroatoms. The van der Waals surface area contributed by atoms with Gasteiger partial charge in [0.15, 0.2) is 0 Å². The van der Waals surface area contributed by atoms with Crippen LogP contribution in [0.5, 0.6) is 0 Å². The second kappa shape index (κ2) is 9.34. The molecule has 0 N–H and O–H groups in total. The summed E-state index contributed by atoms with van der Waals surface area (Å²) in [7, 11) is 0. The van der Waals surface area contributed by atoms with E-state index in [9.17, 15) is 4.79 Å². The number of carbonyl (C=O) groups is 1. The Labute approximate surface area is 204 Å². The van der Waals surface area contributed by atoms with E-state index in [0.29, 0.717) is 16.2 Å². The molecular formula is C31H52O2. The van der Waals surface area contributed by atoms with Crippen molar-refractivity contribution in [1.82, 2.24) is 0 Å². The van der Waals surface area contributed by atoms with Crippen LogP contribution in [0.2, 0.25) is 0 Å². The van der Waals surface area contributed by atoms with E-state index in [-0.39, 0.29) is 18.0 Å². The molecule has 3 saturated carbocycles.